The van der Waals surface area contributed by atoms with Crippen LogP contribution in [0.4, 0.5) is 0 Å². The number of carbonyl (C=O) groups is 2. The lowest BCUT2D eigenvalue weighted by molar-refractivity contribution is -0.151. The van der Waals surface area contributed by atoms with Crippen molar-refractivity contribution in [3.8, 4) is 0 Å². The molecular formula is C33H60N4O5Si2. The first kappa shape index (κ1) is 36.7. The summed E-state index contributed by atoms with van der Waals surface area (Å²) in [6, 6.07) is 2.94. The number of hydrogen-bond acceptors (Lipinski definition) is 7. The summed E-state index contributed by atoms with van der Waals surface area (Å²) in [6.45, 7) is 33.9. The molecule has 3 N–H and O–H groups in total. The van der Waals surface area contributed by atoms with E-state index in [1.54, 1.807) is 12.3 Å². The number of aromatic nitrogens is 1. The zero-order valence-corrected chi connectivity index (χ0v) is 31.8. The summed E-state index contributed by atoms with van der Waals surface area (Å²) in [7, 11) is -3.07. The second-order valence-corrected chi connectivity index (χ2v) is 26.3. The van der Waals surface area contributed by atoms with E-state index in [2.05, 4.69) is 111 Å². The molecule has 11 heteroatoms. The first-order chi connectivity index (χ1) is 19.9. The van der Waals surface area contributed by atoms with Gasteiger partial charge >= 0.3 is 5.97 Å². The van der Waals surface area contributed by atoms with Gasteiger partial charge in [-0.15, -0.1) is 6.58 Å². The van der Waals surface area contributed by atoms with Gasteiger partial charge in [0, 0.05) is 36.7 Å². The number of H-pyrrole nitrogens is 1. The Balaban J connectivity index is 2.23. The van der Waals surface area contributed by atoms with E-state index < -0.39 is 33.8 Å². The molecule has 0 spiro atoms. The maximum absolute atomic E-state index is 13.8. The Kier molecular flexibility index (Phi) is 10.4. The van der Waals surface area contributed by atoms with Crippen molar-refractivity contribution in [2.24, 2.45) is 17.8 Å². The van der Waals surface area contributed by atoms with E-state index in [1.165, 1.54) is 7.11 Å². The Morgan fingerprint density at radius 1 is 1.02 bits per heavy atom. The van der Waals surface area contributed by atoms with Crippen LogP contribution in [0, 0.1) is 17.8 Å². The quantitative estimate of drug-likeness (QED) is 0.160. The zero-order valence-electron chi connectivity index (χ0n) is 29.8. The molecule has 1 aliphatic carbocycles. The van der Waals surface area contributed by atoms with Crippen molar-refractivity contribution in [2.45, 2.75) is 122 Å². The summed E-state index contributed by atoms with van der Waals surface area (Å²) in [4.78, 5) is 30.0. The van der Waals surface area contributed by atoms with Gasteiger partial charge in [0.2, 0.25) is 0 Å². The minimum absolute atomic E-state index is 0.0144. The Bertz CT molecular complexity index is 1180. The predicted octanol–water partition coefficient (Wildman–Crippen LogP) is 6.10. The molecule has 2 fully saturated rings. The van der Waals surface area contributed by atoms with Gasteiger partial charge < -0.3 is 23.9 Å². The molecule has 0 radical (unpaired) electrons. The van der Waals surface area contributed by atoms with Crippen LogP contribution >= 0.6 is 0 Å². The number of carbonyl (C=O) groups excluding carboxylic acids is 2. The number of hydrogen-bond donors (Lipinski definition) is 3. The summed E-state index contributed by atoms with van der Waals surface area (Å²) in [5, 5.41) is 5.18. The molecule has 1 saturated heterocycles. The summed E-state index contributed by atoms with van der Waals surface area (Å²) in [6.07, 6.45) is 3.33. The highest BCUT2D eigenvalue weighted by Crippen LogP contribution is 2.56. The molecule has 3 rings (SSSR count). The molecule has 1 aromatic heterocycles. The van der Waals surface area contributed by atoms with Gasteiger partial charge in [-0.3, -0.25) is 9.59 Å². The number of fused-ring (bicyclic) bond motifs is 1. The van der Waals surface area contributed by atoms with Crippen molar-refractivity contribution in [3.05, 3.63) is 36.7 Å². The van der Waals surface area contributed by atoms with Crippen LogP contribution in [0.2, 0.25) is 36.3 Å². The lowest BCUT2D eigenvalue weighted by Crippen LogP contribution is -2.62. The second-order valence-electron chi connectivity index (χ2n) is 16.8. The lowest BCUT2D eigenvalue weighted by Gasteiger charge is -2.46. The first-order valence-corrected chi connectivity index (χ1v) is 21.8. The summed E-state index contributed by atoms with van der Waals surface area (Å²) < 4.78 is 19.8. The number of nitrogens with one attached hydrogen (secondary N) is 3. The minimum Gasteiger partial charge on any atom is -0.468 e. The second kappa shape index (κ2) is 12.4. The molecule has 0 bridgehead atoms. The Morgan fingerprint density at radius 3 is 2.07 bits per heavy atom. The van der Waals surface area contributed by atoms with Gasteiger partial charge in [0.15, 0.2) is 16.6 Å². The number of nitrogens with zero attached hydrogens (tertiary/aromatic N) is 1. The van der Waals surface area contributed by atoms with Gasteiger partial charge in [-0.1, -0.05) is 47.6 Å². The van der Waals surface area contributed by atoms with Gasteiger partial charge in [-0.05, 0) is 75.1 Å². The largest absolute Gasteiger partial charge is 0.468 e. The van der Waals surface area contributed by atoms with Crippen LogP contribution in [0.1, 0.15) is 72.8 Å². The van der Waals surface area contributed by atoms with E-state index in [-0.39, 0.29) is 45.8 Å². The van der Waals surface area contributed by atoms with Gasteiger partial charge in [0.25, 0.3) is 5.91 Å². The number of amides is 1. The number of rotatable bonds is 10. The van der Waals surface area contributed by atoms with E-state index in [4.69, 9.17) is 13.6 Å². The Morgan fingerprint density at radius 2 is 1.61 bits per heavy atom. The van der Waals surface area contributed by atoms with Crippen LogP contribution < -0.4 is 10.7 Å². The van der Waals surface area contributed by atoms with Crippen LogP contribution in [0.5, 0.6) is 0 Å². The fourth-order valence-electron chi connectivity index (χ4n) is 6.18. The van der Waals surface area contributed by atoms with Crippen molar-refractivity contribution in [2.75, 3.05) is 20.3 Å². The van der Waals surface area contributed by atoms with Gasteiger partial charge in [0.1, 0.15) is 11.7 Å². The number of hydrazine groups is 1. The van der Waals surface area contributed by atoms with E-state index >= 15 is 0 Å². The number of aromatic amines is 1. The minimum atomic E-state index is -2.35. The van der Waals surface area contributed by atoms with Crippen molar-refractivity contribution >= 4 is 28.5 Å². The third-order valence-corrected chi connectivity index (χ3v) is 19.8. The predicted molar refractivity (Wildman–Crippen MR) is 182 cm³/mol. The molecule has 2 heterocycles. The van der Waals surface area contributed by atoms with Crippen LogP contribution in [0.25, 0.3) is 0 Å². The van der Waals surface area contributed by atoms with E-state index in [9.17, 15) is 9.59 Å². The Labute approximate surface area is 268 Å². The number of methoxy groups -OCH3 is 1. The van der Waals surface area contributed by atoms with E-state index in [0.717, 1.165) is 0 Å². The average molecular weight is 649 g/mol. The molecule has 1 amide bonds. The smallest absolute Gasteiger partial charge is 0.324 e. The molecule has 9 nitrogen and oxygen atoms in total. The molecule has 1 aliphatic heterocycles. The zero-order chi connectivity index (χ0) is 33.7. The SMILES string of the molecule is C=C[C@@]12NN(C(C)(C)C)C(C(=O)OC)[C@@H]1[C@@H](CNC(=O)c1ccc[nH]1)[C@H](CO[Si](C)(C)C(C)(C)C)[C@H]2O[Si](C)(C)C(C)(C)C. The highest BCUT2D eigenvalue weighted by atomic mass is 28.4. The Hall–Kier alpha value is -1.77. The lowest BCUT2D eigenvalue weighted by atomic mass is 9.78. The van der Waals surface area contributed by atoms with Gasteiger partial charge in [-0.2, -0.15) is 0 Å². The number of esters is 1. The number of ether oxygens (including phenoxy) is 1. The average Bonchev–Trinajstić information content (AvgIpc) is 3.59. The molecule has 250 valence electrons. The molecule has 0 aromatic carbocycles. The van der Waals surface area contributed by atoms with Crippen molar-refractivity contribution in [1.29, 1.82) is 0 Å². The van der Waals surface area contributed by atoms with Crippen LogP contribution in [0.3, 0.4) is 0 Å². The highest BCUT2D eigenvalue weighted by Gasteiger charge is 2.70. The van der Waals surface area contributed by atoms with E-state index in [1.807, 2.05) is 17.2 Å². The summed E-state index contributed by atoms with van der Waals surface area (Å²) >= 11 is 0. The fourth-order valence-corrected chi connectivity index (χ4v) is 8.58. The maximum Gasteiger partial charge on any atom is 0.324 e. The van der Waals surface area contributed by atoms with Crippen LogP contribution in [-0.4, -0.2) is 82.0 Å². The molecule has 6 atom stereocenters. The molecular weight excluding hydrogens is 589 g/mol. The topological polar surface area (TPSA) is 105 Å². The molecule has 1 unspecified atom stereocenters. The standard InChI is InChI=1S/C33H60N4O5Si2/c1-16-33-25(26(29(39)40-11)37(36-33)30(2,3)4)22(20-35-28(38)24-18-17-19-34-24)23(21-41-43(12,13)31(5,6)7)27(33)42-44(14,15)32(8,9)10/h16-19,22-23,25-27,34,36H,1,20-21H2,2-15H3,(H,35,38)/t22-,23-,25-,26?,27+,33+/m0/s1. The van der Waals surface area contributed by atoms with Crippen LogP contribution in [-0.2, 0) is 18.4 Å². The molecule has 1 saturated carbocycles. The summed E-state index contributed by atoms with van der Waals surface area (Å²) in [5.41, 5.74) is 3.06. The van der Waals surface area contributed by atoms with Crippen molar-refractivity contribution < 1.29 is 23.2 Å². The molecule has 2 aliphatic rings. The molecule has 1 aromatic rings. The van der Waals surface area contributed by atoms with Crippen LogP contribution in [0.15, 0.2) is 31.0 Å². The van der Waals surface area contributed by atoms with Crippen molar-refractivity contribution in [1.82, 2.24) is 20.7 Å². The monoisotopic (exact) mass is 648 g/mol. The first-order valence-electron chi connectivity index (χ1n) is 16.0. The fraction of sp³-hybridized carbons (Fsp3) is 0.758. The third-order valence-electron chi connectivity index (χ3n) is 10.9. The highest BCUT2D eigenvalue weighted by molar-refractivity contribution is 6.74. The summed E-state index contributed by atoms with van der Waals surface area (Å²) in [5.74, 6) is -1.13. The van der Waals surface area contributed by atoms with Gasteiger partial charge in [0.05, 0.1) is 18.8 Å². The van der Waals surface area contributed by atoms with E-state index in [0.29, 0.717) is 18.8 Å². The van der Waals surface area contributed by atoms with Crippen molar-refractivity contribution in [3.63, 3.8) is 0 Å². The van der Waals surface area contributed by atoms with Gasteiger partial charge in [-0.25, -0.2) is 10.4 Å². The third kappa shape index (κ3) is 6.83. The maximum atomic E-state index is 13.8. The molecule has 44 heavy (non-hydrogen) atoms. The normalized spacial score (nSPS) is 28.5.